The lowest BCUT2D eigenvalue weighted by Crippen LogP contribution is -1.85. The highest BCUT2D eigenvalue weighted by Crippen LogP contribution is 2.36. The smallest absolute Gasteiger partial charge is 0.00990 e. The Morgan fingerprint density at radius 3 is 1.32 bits per heavy atom. The van der Waals surface area contributed by atoms with E-state index in [0.717, 1.165) is 0 Å². The third kappa shape index (κ3) is 3.85. The Kier molecular flexibility index (Phi) is 5.24. The highest BCUT2D eigenvalue weighted by atomic mass is 14.1. The first-order valence-electron chi connectivity index (χ1n) is 13.8. The fraction of sp³-hybridized carbons (Fsp3) is 0. The van der Waals surface area contributed by atoms with E-state index in [-0.39, 0.29) is 0 Å². The normalized spacial score (nSPS) is 11.5. The molecule has 0 heterocycles. The van der Waals surface area contributed by atoms with Crippen LogP contribution in [0.2, 0.25) is 0 Å². The summed E-state index contributed by atoms with van der Waals surface area (Å²) in [6.45, 7) is 0. The molecule has 0 heteroatoms. The van der Waals surface area contributed by atoms with Crippen LogP contribution in [0.25, 0.3) is 76.5 Å². The van der Waals surface area contributed by atoms with Gasteiger partial charge in [-0.15, -0.1) is 0 Å². The molecule has 0 radical (unpaired) electrons. The lowest BCUT2D eigenvalue weighted by atomic mass is 9.92. The van der Waals surface area contributed by atoms with Gasteiger partial charge in [0, 0.05) is 0 Å². The van der Waals surface area contributed by atoms with Crippen molar-refractivity contribution in [3.8, 4) is 33.4 Å². The Balaban J connectivity index is 1.14. The molecule has 8 aromatic rings. The summed E-state index contributed by atoms with van der Waals surface area (Å²) in [7, 11) is 0. The quantitative estimate of drug-likeness (QED) is 0.209. The van der Waals surface area contributed by atoms with Gasteiger partial charge in [-0.2, -0.15) is 0 Å². The van der Waals surface area contributed by atoms with E-state index in [1.54, 1.807) is 0 Å². The van der Waals surface area contributed by atoms with Crippen molar-refractivity contribution in [1.82, 2.24) is 0 Å². The van der Waals surface area contributed by atoms with Gasteiger partial charge in [0.25, 0.3) is 0 Å². The lowest BCUT2D eigenvalue weighted by molar-refractivity contribution is 1.62. The molecule has 186 valence electrons. The third-order valence-corrected chi connectivity index (χ3v) is 8.22. The summed E-state index contributed by atoms with van der Waals surface area (Å²) in [5, 5.41) is 10.2. The Morgan fingerprint density at radius 2 is 0.650 bits per heavy atom. The maximum absolute atomic E-state index is 2.33. The molecule has 0 fully saturated rings. The van der Waals surface area contributed by atoms with Crippen LogP contribution in [0.1, 0.15) is 0 Å². The van der Waals surface area contributed by atoms with Crippen molar-refractivity contribution in [3.05, 3.63) is 158 Å². The minimum Gasteiger partial charge on any atom is -0.0616 e. The van der Waals surface area contributed by atoms with Gasteiger partial charge in [0.1, 0.15) is 0 Å². The first-order valence-corrected chi connectivity index (χ1v) is 13.8. The predicted molar refractivity (Wildman–Crippen MR) is 173 cm³/mol. The van der Waals surface area contributed by atoms with Crippen LogP contribution in [0.3, 0.4) is 0 Å². The van der Waals surface area contributed by atoms with Gasteiger partial charge in [-0.1, -0.05) is 133 Å². The van der Waals surface area contributed by atoms with Crippen molar-refractivity contribution in [2.75, 3.05) is 0 Å². The summed E-state index contributed by atoms with van der Waals surface area (Å²) in [5.41, 5.74) is 7.49. The summed E-state index contributed by atoms with van der Waals surface area (Å²) >= 11 is 0. The molecule has 0 nitrogen and oxygen atoms in total. The second-order valence-corrected chi connectivity index (χ2v) is 10.6. The first kappa shape index (κ1) is 22.8. The van der Waals surface area contributed by atoms with E-state index in [0.29, 0.717) is 0 Å². The molecule has 0 amide bonds. The number of benzene rings is 8. The van der Waals surface area contributed by atoms with Crippen LogP contribution in [0.4, 0.5) is 0 Å². The summed E-state index contributed by atoms with van der Waals surface area (Å²) in [6.07, 6.45) is 0. The van der Waals surface area contributed by atoms with Gasteiger partial charge in [-0.3, -0.25) is 0 Å². The average molecular weight is 507 g/mol. The molecule has 0 saturated heterocycles. The van der Waals surface area contributed by atoms with Crippen LogP contribution in [-0.4, -0.2) is 0 Å². The maximum Gasteiger partial charge on any atom is -0.00990 e. The molecular weight excluding hydrogens is 480 g/mol. The van der Waals surface area contributed by atoms with Crippen LogP contribution in [-0.2, 0) is 0 Å². The van der Waals surface area contributed by atoms with Crippen LogP contribution >= 0.6 is 0 Å². The highest BCUT2D eigenvalue weighted by molar-refractivity contribution is 6.13. The Hall–Kier alpha value is -5.20. The van der Waals surface area contributed by atoms with Crippen LogP contribution in [0.15, 0.2) is 158 Å². The monoisotopic (exact) mass is 506 g/mol. The van der Waals surface area contributed by atoms with Gasteiger partial charge >= 0.3 is 0 Å². The second kappa shape index (κ2) is 9.22. The van der Waals surface area contributed by atoms with E-state index < -0.39 is 0 Å². The Bertz CT molecular complexity index is 2200. The fourth-order valence-corrected chi connectivity index (χ4v) is 6.11. The van der Waals surface area contributed by atoms with Gasteiger partial charge in [0.05, 0.1) is 0 Å². The van der Waals surface area contributed by atoms with E-state index in [4.69, 9.17) is 0 Å². The molecule has 8 aromatic carbocycles. The van der Waals surface area contributed by atoms with Crippen molar-refractivity contribution < 1.29 is 0 Å². The maximum atomic E-state index is 2.33. The van der Waals surface area contributed by atoms with Crippen molar-refractivity contribution in [3.63, 3.8) is 0 Å². The molecule has 0 unspecified atom stereocenters. The topological polar surface area (TPSA) is 0 Å². The molecule has 0 aromatic heterocycles. The van der Waals surface area contributed by atoms with Crippen molar-refractivity contribution >= 4 is 43.1 Å². The van der Waals surface area contributed by atoms with Gasteiger partial charge < -0.3 is 0 Å². The molecule has 0 atom stereocenters. The average Bonchev–Trinajstić information content (AvgIpc) is 3.04. The second-order valence-electron chi connectivity index (χ2n) is 10.6. The summed E-state index contributed by atoms with van der Waals surface area (Å²) in [4.78, 5) is 0. The molecule has 0 bridgehead atoms. The zero-order valence-electron chi connectivity index (χ0n) is 22.0. The number of rotatable bonds is 3. The number of hydrogen-bond donors (Lipinski definition) is 0. The van der Waals surface area contributed by atoms with Gasteiger partial charge in [0.15, 0.2) is 0 Å². The zero-order valence-corrected chi connectivity index (χ0v) is 22.0. The zero-order chi connectivity index (χ0) is 26.5. The van der Waals surface area contributed by atoms with E-state index >= 15 is 0 Å². The van der Waals surface area contributed by atoms with Gasteiger partial charge in [-0.25, -0.2) is 0 Å². The Morgan fingerprint density at radius 1 is 0.225 bits per heavy atom. The minimum atomic E-state index is 1.23. The minimum absolute atomic E-state index is 1.23. The van der Waals surface area contributed by atoms with E-state index in [2.05, 4.69) is 158 Å². The van der Waals surface area contributed by atoms with Crippen LogP contribution in [0, 0.1) is 0 Å². The van der Waals surface area contributed by atoms with Crippen LogP contribution in [0.5, 0.6) is 0 Å². The SMILES string of the molecule is c1ccc2cc(-c3ccc4cc(-c5ccc(-c6cc7ccccc7c7ccccc67)cc5)ccc4c3)ccc2c1. The fourth-order valence-electron chi connectivity index (χ4n) is 6.11. The summed E-state index contributed by atoms with van der Waals surface area (Å²) in [5.74, 6) is 0. The molecule has 8 rings (SSSR count). The van der Waals surface area contributed by atoms with E-state index in [1.165, 1.54) is 76.5 Å². The number of hydrogen-bond acceptors (Lipinski definition) is 0. The molecular formula is C40H26. The van der Waals surface area contributed by atoms with Crippen molar-refractivity contribution in [1.29, 1.82) is 0 Å². The van der Waals surface area contributed by atoms with Gasteiger partial charge in [-0.05, 0) is 101 Å². The van der Waals surface area contributed by atoms with Crippen molar-refractivity contribution in [2.45, 2.75) is 0 Å². The first-order chi connectivity index (χ1) is 19.8. The molecule has 0 N–H and O–H groups in total. The lowest BCUT2D eigenvalue weighted by Gasteiger charge is -2.12. The van der Waals surface area contributed by atoms with Crippen molar-refractivity contribution in [2.24, 2.45) is 0 Å². The molecule has 0 aliphatic rings. The standard InChI is InChI=1S/C40H26/c1-2-8-30-23-32(18-15-27(30)7-1)35-22-21-33-24-31(19-20-34(33)25-35)28-13-16-29(17-14-28)40-26-36-9-3-4-10-37(36)38-11-5-6-12-39(38)40/h1-26H. The molecule has 40 heavy (non-hydrogen) atoms. The molecule has 0 aliphatic carbocycles. The van der Waals surface area contributed by atoms with Crippen LogP contribution < -0.4 is 0 Å². The largest absolute Gasteiger partial charge is 0.0616 e. The number of fused-ring (bicyclic) bond motifs is 5. The Labute approximate surface area is 233 Å². The summed E-state index contributed by atoms with van der Waals surface area (Å²) < 4.78 is 0. The third-order valence-electron chi connectivity index (χ3n) is 8.22. The molecule has 0 aliphatic heterocycles. The molecule has 0 spiro atoms. The van der Waals surface area contributed by atoms with E-state index in [9.17, 15) is 0 Å². The highest BCUT2D eigenvalue weighted by Gasteiger charge is 2.09. The van der Waals surface area contributed by atoms with E-state index in [1.807, 2.05) is 0 Å². The van der Waals surface area contributed by atoms with Gasteiger partial charge in [0.2, 0.25) is 0 Å². The predicted octanol–water partition coefficient (Wildman–Crippen LogP) is 11.3. The molecule has 0 saturated carbocycles. The summed E-state index contributed by atoms with van der Waals surface area (Å²) in [6, 6.07) is 57.6.